The number of aryl methyl sites for hydroxylation is 1. The highest BCUT2D eigenvalue weighted by atomic mass is 16.2. The molecule has 0 aliphatic heterocycles. The van der Waals surface area contributed by atoms with Crippen LogP contribution < -0.4 is 10.6 Å². The predicted molar refractivity (Wildman–Crippen MR) is 96.6 cm³/mol. The molecule has 2 N–H and O–H groups in total. The van der Waals surface area contributed by atoms with Gasteiger partial charge in [-0.15, -0.1) is 0 Å². The summed E-state index contributed by atoms with van der Waals surface area (Å²) in [7, 11) is 1.59. The lowest BCUT2D eigenvalue weighted by molar-refractivity contribution is -0.117. The Bertz CT molecular complexity index is 731. The second-order valence-corrected chi connectivity index (χ2v) is 5.68. The summed E-state index contributed by atoms with van der Waals surface area (Å²) in [6.07, 6.45) is 3.23. The van der Waals surface area contributed by atoms with Gasteiger partial charge in [-0.1, -0.05) is 42.0 Å². The topological polar surface area (TPSA) is 58.2 Å². The summed E-state index contributed by atoms with van der Waals surface area (Å²) in [6, 6.07) is 15.1. The number of hydrogen-bond donors (Lipinski definition) is 2. The van der Waals surface area contributed by atoms with E-state index >= 15 is 0 Å². The molecule has 124 valence electrons. The molecule has 1 unspecified atom stereocenters. The van der Waals surface area contributed by atoms with Crippen molar-refractivity contribution in [2.45, 2.75) is 19.9 Å². The van der Waals surface area contributed by atoms with Crippen LogP contribution in [-0.2, 0) is 4.79 Å². The van der Waals surface area contributed by atoms with Gasteiger partial charge in [0.15, 0.2) is 0 Å². The molecular weight excluding hydrogens is 300 g/mol. The molecule has 0 aliphatic rings. The lowest BCUT2D eigenvalue weighted by Gasteiger charge is -2.13. The molecule has 2 aromatic carbocycles. The quantitative estimate of drug-likeness (QED) is 0.830. The van der Waals surface area contributed by atoms with Crippen LogP contribution in [0.1, 0.15) is 40.0 Å². The molecule has 0 saturated heterocycles. The zero-order valence-corrected chi connectivity index (χ0v) is 14.2. The van der Waals surface area contributed by atoms with E-state index in [1.54, 1.807) is 37.4 Å². The molecule has 0 fully saturated rings. The maximum atomic E-state index is 12.0. The van der Waals surface area contributed by atoms with Crippen LogP contribution in [0.5, 0.6) is 0 Å². The first-order valence-corrected chi connectivity index (χ1v) is 7.87. The number of rotatable bonds is 5. The van der Waals surface area contributed by atoms with Gasteiger partial charge in [0.1, 0.15) is 0 Å². The fourth-order valence-electron chi connectivity index (χ4n) is 2.26. The number of carbonyl (C=O) groups excluding carboxylic acids is 2. The Morgan fingerprint density at radius 1 is 1.00 bits per heavy atom. The molecule has 2 amide bonds. The second kappa shape index (κ2) is 8.11. The molecule has 1 atom stereocenters. The first-order chi connectivity index (χ1) is 11.5. The Hall–Kier alpha value is -2.88. The van der Waals surface area contributed by atoms with Crippen molar-refractivity contribution in [3.8, 4) is 0 Å². The summed E-state index contributed by atoms with van der Waals surface area (Å²) in [5.41, 5.74) is 3.71. The van der Waals surface area contributed by atoms with Crippen molar-refractivity contribution in [1.29, 1.82) is 0 Å². The van der Waals surface area contributed by atoms with Gasteiger partial charge >= 0.3 is 0 Å². The van der Waals surface area contributed by atoms with Gasteiger partial charge in [0, 0.05) is 18.7 Å². The third-order valence-corrected chi connectivity index (χ3v) is 3.76. The summed E-state index contributed by atoms with van der Waals surface area (Å²) in [4.78, 5) is 23.5. The maximum Gasteiger partial charge on any atom is 0.251 e. The lowest BCUT2D eigenvalue weighted by Crippen LogP contribution is -2.24. The molecule has 0 saturated carbocycles. The summed E-state index contributed by atoms with van der Waals surface area (Å²) >= 11 is 0. The summed E-state index contributed by atoms with van der Waals surface area (Å²) < 4.78 is 0. The molecule has 0 heterocycles. The van der Waals surface area contributed by atoms with Crippen molar-refractivity contribution >= 4 is 17.9 Å². The van der Waals surface area contributed by atoms with Gasteiger partial charge in [0.2, 0.25) is 5.91 Å². The fourth-order valence-corrected chi connectivity index (χ4v) is 2.26. The molecule has 0 bridgehead atoms. The van der Waals surface area contributed by atoms with E-state index in [1.165, 1.54) is 11.6 Å². The first kappa shape index (κ1) is 17.5. The van der Waals surface area contributed by atoms with Gasteiger partial charge in [-0.2, -0.15) is 0 Å². The molecule has 0 radical (unpaired) electrons. The van der Waals surface area contributed by atoms with E-state index in [2.05, 4.69) is 10.6 Å². The van der Waals surface area contributed by atoms with Crippen molar-refractivity contribution in [3.05, 3.63) is 76.9 Å². The Kier molecular flexibility index (Phi) is 5.90. The van der Waals surface area contributed by atoms with Crippen LogP contribution in [0.2, 0.25) is 0 Å². The number of amides is 2. The summed E-state index contributed by atoms with van der Waals surface area (Å²) in [6.45, 7) is 3.99. The SMILES string of the molecule is CNC(=O)c1ccc(/C=C/C(=O)NC(C)c2ccc(C)cc2)cc1. The molecule has 2 aromatic rings. The molecule has 0 aromatic heterocycles. The van der Waals surface area contributed by atoms with Crippen LogP contribution in [0.4, 0.5) is 0 Å². The molecule has 2 rings (SSSR count). The van der Waals surface area contributed by atoms with Crippen LogP contribution in [-0.4, -0.2) is 18.9 Å². The minimum atomic E-state index is -0.154. The van der Waals surface area contributed by atoms with E-state index in [4.69, 9.17) is 0 Å². The van der Waals surface area contributed by atoms with E-state index < -0.39 is 0 Å². The van der Waals surface area contributed by atoms with E-state index in [1.807, 2.05) is 38.1 Å². The zero-order chi connectivity index (χ0) is 17.5. The molecule has 4 nitrogen and oxygen atoms in total. The molecule has 0 aliphatic carbocycles. The minimum absolute atomic E-state index is 0.0571. The first-order valence-electron chi connectivity index (χ1n) is 7.87. The van der Waals surface area contributed by atoms with Crippen LogP contribution in [0, 0.1) is 6.92 Å². The van der Waals surface area contributed by atoms with Gasteiger partial charge in [0.05, 0.1) is 6.04 Å². The Labute approximate surface area is 142 Å². The molecule has 24 heavy (non-hydrogen) atoms. The third kappa shape index (κ3) is 4.81. The van der Waals surface area contributed by atoms with Crippen molar-refractivity contribution in [3.63, 3.8) is 0 Å². The Morgan fingerprint density at radius 2 is 1.62 bits per heavy atom. The monoisotopic (exact) mass is 322 g/mol. The summed E-state index contributed by atoms with van der Waals surface area (Å²) in [5, 5.41) is 5.51. The van der Waals surface area contributed by atoms with E-state index in [-0.39, 0.29) is 17.9 Å². The molecular formula is C20H22N2O2. The third-order valence-electron chi connectivity index (χ3n) is 3.76. The average molecular weight is 322 g/mol. The van der Waals surface area contributed by atoms with Crippen LogP contribution in [0.25, 0.3) is 6.08 Å². The van der Waals surface area contributed by atoms with Crippen LogP contribution in [0.15, 0.2) is 54.6 Å². The molecule has 4 heteroatoms. The number of benzene rings is 2. The van der Waals surface area contributed by atoms with E-state index in [0.717, 1.165) is 11.1 Å². The maximum absolute atomic E-state index is 12.0. The molecule has 0 spiro atoms. The second-order valence-electron chi connectivity index (χ2n) is 5.68. The number of hydrogen-bond acceptors (Lipinski definition) is 2. The van der Waals surface area contributed by atoms with Crippen LogP contribution in [0.3, 0.4) is 0 Å². The van der Waals surface area contributed by atoms with E-state index in [0.29, 0.717) is 5.56 Å². The van der Waals surface area contributed by atoms with Crippen molar-refractivity contribution in [2.75, 3.05) is 7.05 Å². The summed E-state index contributed by atoms with van der Waals surface area (Å²) in [5.74, 6) is -0.284. The highest BCUT2D eigenvalue weighted by Gasteiger charge is 2.07. The smallest absolute Gasteiger partial charge is 0.251 e. The van der Waals surface area contributed by atoms with Gasteiger partial charge in [-0.3, -0.25) is 9.59 Å². The van der Waals surface area contributed by atoms with Crippen LogP contribution >= 0.6 is 0 Å². The highest BCUT2D eigenvalue weighted by Crippen LogP contribution is 2.13. The lowest BCUT2D eigenvalue weighted by atomic mass is 10.1. The van der Waals surface area contributed by atoms with Crippen molar-refractivity contribution < 1.29 is 9.59 Å². The van der Waals surface area contributed by atoms with Crippen molar-refractivity contribution in [2.24, 2.45) is 0 Å². The Morgan fingerprint density at radius 3 is 2.21 bits per heavy atom. The van der Waals surface area contributed by atoms with E-state index in [9.17, 15) is 9.59 Å². The Balaban J connectivity index is 1.94. The van der Waals surface area contributed by atoms with Crippen molar-refractivity contribution in [1.82, 2.24) is 10.6 Å². The van der Waals surface area contributed by atoms with Gasteiger partial charge in [-0.25, -0.2) is 0 Å². The normalized spacial score (nSPS) is 12.0. The van der Waals surface area contributed by atoms with Gasteiger partial charge in [-0.05, 0) is 43.2 Å². The highest BCUT2D eigenvalue weighted by molar-refractivity contribution is 5.94. The predicted octanol–water partition coefficient (Wildman–Crippen LogP) is 3.25. The van der Waals surface area contributed by atoms with Gasteiger partial charge < -0.3 is 10.6 Å². The minimum Gasteiger partial charge on any atom is -0.355 e. The largest absolute Gasteiger partial charge is 0.355 e. The number of nitrogens with one attached hydrogen (secondary N) is 2. The standard InChI is InChI=1S/C20H22N2O2/c1-14-4-9-17(10-5-14)15(2)22-19(23)13-8-16-6-11-18(12-7-16)20(24)21-3/h4-13,15H,1-3H3,(H,21,24)(H,22,23)/b13-8+. The average Bonchev–Trinajstić information content (AvgIpc) is 2.60. The number of carbonyl (C=O) groups is 2. The fraction of sp³-hybridized carbons (Fsp3) is 0.200. The zero-order valence-electron chi connectivity index (χ0n) is 14.2. The van der Waals surface area contributed by atoms with Gasteiger partial charge in [0.25, 0.3) is 5.91 Å².